The highest BCUT2D eigenvalue weighted by molar-refractivity contribution is 9.10. The zero-order chi connectivity index (χ0) is 15.8. The number of fused-ring (bicyclic) bond motifs is 1. The molecule has 3 aromatic rings. The summed E-state index contributed by atoms with van der Waals surface area (Å²) in [5.74, 6) is 0.914. The number of aromatic nitrogens is 5. The Hall–Kier alpha value is -1.73. The van der Waals surface area contributed by atoms with E-state index in [4.69, 9.17) is 11.6 Å². The highest BCUT2D eigenvalue weighted by atomic mass is 79.9. The van der Waals surface area contributed by atoms with Gasteiger partial charge in [0.1, 0.15) is 11.0 Å². The van der Waals surface area contributed by atoms with E-state index in [9.17, 15) is 0 Å². The summed E-state index contributed by atoms with van der Waals surface area (Å²) in [5.41, 5.74) is 1.89. The van der Waals surface area contributed by atoms with Crippen molar-refractivity contribution in [2.24, 2.45) is 0 Å². The van der Waals surface area contributed by atoms with E-state index in [1.807, 2.05) is 30.5 Å². The van der Waals surface area contributed by atoms with Crippen LogP contribution in [-0.4, -0.2) is 31.3 Å². The smallest absolute Gasteiger partial charge is 0.221 e. The Morgan fingerprint density at radius 2 is 2.04 bits per heavy atom. The van der Waals surface area contributed by atoms with Gasteiger partial charge in [-0.15, -0.1) is 15.3 Å². The molecule has 3 aromatic heterocycles. The van der Waals surface area contributed by atoms with Gasteiger partial charge in [0, 0.05) is 12.7 Å². The SMILES string of the molecule is Clc1ccc(C2CCCCN2c2ccc3nnc(Br)n3n2)cn1. The monoisotopic (exact) mass is 392 g/mol. The first kappa shape index (κ1) is 14.8. The van der Waals surface area contributed by atoms with Crippen LogP contribution >= 0.6 is 27.5 Å². The number of halogens is 2. The van der Waals surface area contributed by atoms with Crippen LogP contribution in [0.1, 0.15) is 30.9 Å². The summed E-state index contributed by atoms with van der Waals surface area (Å²) < 4.78 is 2.32. The van der Waals surface area contributed by atoms with Crippen LogP contribution in [0.5, 0.6) is 0 Å². The van der Waals surface area contributed by atoms with Crippen molar-refractivity contribution in [2.75, 3.05) is 11.4 Å². The first-order valence-electron chi connectivity index (χ1n) is 7.48. The van der Waals surface area contributed by atoms with Crippen LogP contribution in [0.25, 0.3) is 5.65 Å². The Labute approximate surface area is 146 Å². The lowest BCUT2D eigenvalue weighted by Crippen LogP contribution is -2.34. The average Bonchev–Trinajstić information content (AvgIpc) is 2.96. The van der Waals surface area contributed by atoms with Gasteiger partial charge in [-0.25, -0.2) is 4.98 Å². The minimum atomic E-state index is 0.258. The topological polar surface area (TPSA) is 59.2 Å². The van der Waals surface area contributed by atoms with Gasteiger partial charge in [-0.1, -0.05) is 17.7 Å². The van der Waals surface area contributed by atoms with E-state index in [2.05, 4.69) is 41.1 Å². The molecule has 0 N–H and O–H groups in total. The van der Waals surface area contributed by atoms with Crippen molar-refractivity contribution in [3.8, 4) is 0 Å². The molecule has 0 aromatic carbocycles. The summed E-state index contributed by atoms with van der Waals surface area (Å²) in [5, 5.41) is 13.2. The molecule has 0 saturated carbocycles. The molecular formula is C15H14BrClN6. The van der Waals surface area contributed by atoms with Crippen molar-refractivity contribution >= 4 is 39.0 Å². The van der Waals surface area contributed by atoms with Gasteiger partial charge in [0.2, 0.25) is 4.73 Å². The number of nitrogens with zero attached hydrogens (tertiary/aromatic N) is 6. The lowest BCUT2D eigenvalue weighted by Gasteiger charge is -2.36. The van der Waals surface area contributed by atoms with Gasteiger partial charge < -0.3 is 4.90 Å². The van der Waals surface area contributed by atoms with Gasteiger partial charge in [0.15, 0.2) is 5.65 Å². The second-order valence-corrected chi connectivity index (χ2v) is 6.65. The zero-order valence-electron chi connectivity index (χ0n) is 12.2. The third-order valence-corrected chi connectivity index (χ3v) is 4.86. The lowest BCUT2D eigenvalue weighted by molar-refractivity contribution is 0.466. The second-order valence-electron chi connectivity index (χ2n) is 5.55. The molecule has 1 aliphatic rings. The van der Waals surface area contributed by atoms with E-state index in [0.29, 0.717) is 9.89 Å². The Morgan fingerprint density at radius 1 is 1.13 bits per heavy atom. The molecule has 4 rings (SSSR count). The number of hydrogen-bond donors (Lipinski definition) is 0. The van der Waals surface area contributed by atoms with Crippen LogP contribution in [0.15, 0.2) is 35.2 Å². The molecule has 8 heteroatoms. The van der Waals surface area contributed by atoms with Crippen LogP contribution in [0.4, 0.5) is 5.82 Å². The second kappa shape index (κ2) is 6.05. The minimum Gasteiger partial charge on any atom is -0.348 e. The quantitative estimate of drug-likeness (QED) is 0.622. The number of anilines is 1. The van der Waals surface area contributed by atoms with Gasteiger partial charge in [0.05, 0.1) is 6.04 Å². The third kappa shape index (κ3) is 2.79. The number of pyridine rings is 1. The molecule has 0 spiro atoms. The fourth-order valence-electron chi connectivity index (χ4n) is 3.04. The Morgan fingerprint density at radius 3 is 2.87 bits per heavy atom. The van der Waals surface area contributed by atoms with E-state index < -0.39 is 0 Å². The average molecular weight is 394 g/mol. The van der Waals surface area contributed by atoms with E-state index in [1.165, 1.54) is 12.0 Å². The molecule has 23 heavy (non-hydrogen) atoms. The molecule has 0 bridgehead atoms. The van der Waals surface area contributed by atoms with Gasteiger partial charge in [0.25, 0.3) is 0 Å². The summed E-state index contributed by atoms with van der Waals surface area (Å²) in [6.07, 6.45) is 5.29. The van der Waals surface area contributed by atoms with Crippen LogP contribution in [0.2, 0.25) is 5.15 Å². The predicted octanol–water partition coefficient (Wildman–Crippen LogP) is 3.67. The standard InChI is InChI=1S/C15H14BrClN6/c16-15-20-19-13-6-7-14(21-23(13)15)22-8-2-1-3-11(22)10-4-5-12(17)18-9-10/h4-7,9,11H,1-3,8H2. The van der Waals surface area contributed by atoms with Crippen LogP contribution in [0.3, 0.4) is 0 Å². The Bertz CT molecular complexity index is 834. The van der Waals surface area contributed by atoms with Crippen molar-refractivity contribution in [1.82, 2.24) is 24.8 Å². The van der Waals surface area contributed by atoms with Crippen molar-refractivity contribution in [2.45, 2.75) is 25.3 Å². The molecule has 1 aliphatic heterocycles. The Kier molecular flexibility index (Phi) is 3.90. The van der Waals surface area contributed by atoms with E-state index in [-0.39, 0.29) is 6.04 Å². The van der Waals surface area contributed by atoms with E-state index >= 15 is 0 Å². The molecule has 0 radical (unpaired) electrons. The number of rotatable bonds is 2. The van der Waals surface area contributed by atoms with Crippen molar-refractivity contribution in [3.63, 3.8) is 0 Å². The highest BCUT2D eigenvalue weighted by Gasteiger charge is 2.26. The Balaban J connectivity index is 1.73. The molecule has 1 unspecified atom stereocenters. The summed E-state index contributed by atoms with van der Waals surface area (Å²) in [7, 11) is 0. The highest BCUT2D eigenvalue weighted by Crippen LogP contribution is 2.34. The molecule has 0 amide bonds. The van der Waals surface area contributed by atoms with Crippen molar-refractivity contribution in [1.29, 1.82) is 0 Å². The van der Waals surface area contributed by atoms with E-state index in [1.54, 1.807) is 4.52 Å². The van der Waals surface area contributed by atoms with Gasteiger partial charge in [-0.05, 0) is 59.0 Å². The molecule has 1 saturated heterocycles. The summed E-state index contributed by atoms with van der Waals surface area (Å²) in [6.45, 7) is 0.964. The zero-order valence-corrected chi connectivity index (χ0v) is 14.6. The number of piperidine rings is 1. The predicted molar refractivity (Wildman–Crippen MR) is 91.7 cm³/mol. The molecule has 1 fully saturated rings. The first-order valence-corrected chi connectivity index (χ1v) is 8.65. The van der Waals surface area contributed by atoms with E-state index in [0.717, 1.165) is 30.9 Å². The molecular weight excluding hydrogens is 380 g/mol. The van der Waals surface area contributed by atoms with Gasteiger partial charge in [-0.3, -0.25) is 0 Å². The van der Waals surface area contributed by atoms with Gasteiger partial charge in [-0.2, -0.15) is 4.52 Å². The first-order chi connectivity index (χ1) is 11.2. The third-order valence-electron chi connectivity index (χ3n) is 4.14. The molecule has 4 heterocycles. The normalized spacial score (nSPS) is 18.5. The maximum Gasteiger partial charge on any atom is 0.221 e. The summed E-state index contributed by atoms with van der Waals surface area (Å²) >= 11 is 9.29. The van der Waals surface area contributed by atoms with Crippen LogP contribution < -0.4 is 4.90 Å². The molecule has 0 aliphatic carbocycles. The fourth-order valence-corrected chi connectivity index (χ4v) is 3.49. The number of hydrogen-bond acceptors (Lipinski definition) is 5. The maximum absolute atomic E-state index is 5.91. The van der Waals surface area contributed by atoms with Crippen LogP contribution in [0, 0.1) is 0 Å². The largest absolute Gasteiger partial charge is 0.348 e. The maximum atomic E-state index is 5.91. The summed E-state index contributed by atoms with van der Waals surface area (Å²) in [6, 6.07) is 8.08. The molecule has 118 valence electrons. The molecule has 6 nitrogen and oxygen atoms in total. The van der Waals surface area contributed by atoms with Gasteiger partial charge >= 0.3 is 0 Å². The fraction of sp³-hybridized carbons (Fsp3) is 0.333. The minimum absolute atomic E-state index is 0.258. The van der Waals surface area contributed by atoms with Crippen molar-refractivity contribution < 1.29 is 0 Å². The summed E-state index contributed by atoms with van der Waals surface area (Å²) in [4.78, 5) is 6.54. The lowest BCUT2D eigenvalue weighted by atomic mass is 9.96. The van der Waals surface area contributed by atoms with Crippen LogP contribution in [-0.2, 0) is 0 Å². The van der Waals surface area contributed by atoms with Crippen molar-refractivity contribution in [3.05, 3.63) is 45.9 Å². The molecule has 1 atom stereocenters.